The number of hydrogen-bond acceptors (Lipinski definition) is 2. The van der Waals surface area contributed by atoms with Crippen LogP contribution in [-0.2, 0) is 13.1 Å². The summed E-state index contributed by atoms with van der Waals surface area (Å²) in [6.45, 7) is 1.20. The van der Waals surface area contributed by atoms with Gasteiger partial charge in [-0.05, 0) is 29.5 Å². The van der Waals surface area contributed by atoms with E-state index in [9.17, 15) is 18.4 Å². The molecule has 0 aliphatic carbocycles. The Morgan fingerprint density at radius 2 is 2.07 bits per heavy atom. The van der Waals surface area contributed by atoms with Crippen LogP contribution < -0.4 is 11.2 Å². The molecule has 0 atom stereocenters. The highest BCUT2D eigenvalue weighted by Crippen LogP contribution is 1.97. The number of alkyl halides is 2. The highest BCUT2D eigenvalue weighted by molar-refractivity contribution is 14.1. The van der Waals surface area contributed by atoms with Crippen LogP contribution in [0.15, 0.2) is 15.8 Å². The summed E-state index contributed by atoms with van der Waals surface area (Å²) in [6, 6.07) is 0. The summed E-state index contributed by atoms with van der Waals surface area (Å²) >= 11 is 1.72. The molecule has 0 radical (unpaired) electrons. The molecule has 7 heteroatoms. The molecular formula is C8H9F2IN2O2. The van der Waals surface area contributed by atoms with E-state index >= 15 is 0 Å². The molecule has 1 rings (SSSR count). The Hall–Kier alpha value is -0.730. The van der Waals surface area contributed by atoms with E-state index in [0.29, 0.717) is 11.1 Å². The molecule has 1 aromatic rings. The van der Waals surface area contributed by atoms with Crippen molar-refractivity contribution in [2.24, 2.45) is 0 Å². The van der Waals surface area contributed by atoms with Crippen molar-refractivity contribution in [1.29, 1.82) is 0 Å². The predicted octanol–water partition coefficient (Wildman–Crippen LogP) is 0.900. The van der Waals surface area contributed by atoms with E-state index in [1.165, 1.54) is 10.8 Å². The zero-order chi connectivity index (χ0) is 11.6. The van der Waals surface area contributed by atoms with Gasteiger partial charge in [0.15, 0.2) is 0 Å². The number of rotatable bonds is 3. The summed E-state index contributed by atoms with van der Waals surface area (Å²) < 4.78 is 26.3. The standard InChI is InChI=1S/C8H9F2IN2O2/c1-2-12-3-5(11)7(14)13(8(12)15)4-6(9)10/h3,6H,2,4H2,1H3. The van der Waals surface area contributed by atoms with Gasteiger partial charge >= 0.3 is 5.69 Å². The van der Waals surface area contributed by atoms with Crippen molar-refractivity contribution in [2.75, 3.05) is 0 Å². The Bertz CT molecular complexity index is 467. The third-order valence-corrected chi connectivity index (χ3v) is 2.60. The van der Waals surface area contributed by atoms with Gasteiger partial charge in [0.1, 0.15) is 0 Å². The molecule has 0 aliphatic rings. The SMILES string of the molecule is CCn1cc(I)c(=O)n(CC(F)F)c1=O. The molecule has 4 nitrogen and oxygen atoms in total. The van der Waals surface area contributed by atoms with Crippen LogP contribution in [0, 0.1) is 3.57 Å². The van der Waals surface area contributed by atoms with Crippen molar-refractivity contribution in [2.45, 2.75) is 26.4 Å². The molecule has 0 saturated carbocycles. The lowest BCUT2D eigenvalue weighted by molar-refractivity contribution is 0.122. The van der Waals surface area contributed by atoms with Crippen LogP contribution >= 0.6 is 22.6 Å². The second kappa shape index (κ2) is 4.86. The third kappa shape index (κ3) is 2.64. The van der Waals surface area contributed by atoms with Gasteiger partial charge in [-0.2, -0.15) is 0 Å². The van der Waals surface area contributed by atoms with Crippen LogP contribution in [0.4, 0.5) is 8.78 Å². The largest absolute Gasteiger partial charge is 0.331 e. The molecule has 0 unspecified atom stereocenters. The van der Waals surface area contributed by atoms with Crippen LogP contribution in [0.2, 0.25) is 0 Å². The van der Waals surface area contributed by atoms with Crippen molar-refractivity contribution < 1.29 is 8.78 Å². The second-order valence-electron chi connectivity index (χ2n) is 2.85. The first kappa shape index (κ1) is 12.3. The maximum Gasteiger partial charge on any atom is 0.331 e. The molecule has 15 heavy (non-hydrogen) atoms. The summed E-state index contributed by atoms with van der Waals surface area (Å²) in [5.41, 5.74) is -1.35. The first-order chi connectivity index (χ1) is 6.97. The molecule has 1 heterocycles. The zero-order valence-electron chi connectivity index (χ0n) is 7.91. The van der Waals surface area contributed by atoms with Crippen molar-refractivity contribution in [1.82, 2.24) is 9.13 Å². The highest BCUT2D eigenvalue weighted by atomic mass is 127. The fraction of sp³-hybridized carbons (Fsp3) is 0.500. The summed E-state index contributed by atoms with van der Waals surface area (Å²) in [4.78, 5) is 22.9. The third-order valence-electron chi connectivity index (χ3n) is 1.86. The van der Waals surface area contributed by atoms with E-state index in [2.05, 4.69) is 0 Å². The zero-order valence-corrected chi connectivity index (χ0v) is 10.1. The van der Waals surface area contributed by atoms with E-state index < -0.39 is 24.2 Å². The summed E-state index contributed by atoms with van der Waals surface area (Å²) in [6.07, 6.45) is -1.34. The van der Waals surface area contributed by atoms with Crippen molar-refractivity contribution in [3.63, 3.8) is 0 Å². The topological polar surface area (TPSA) is 44.0 Å². The lowest BCUT2D eigenvalue weighted by atomic mass is 10.5. The van der Waals surface area contributed by atoms with Gasteiger partial charge in [0.05, 0.1) is 10.1 Å². The summed E-state index contributed by atoms with van der Waals surface area (Å²) in [5.74, 6) is 0. The maximum absolute atomic E-state index is 12.1. The van der Waals surface area contributed by atoms with Gasteiger partial charge in [-0.3, -0.25) is 13.9 Å². The summed E-state index contributed by atoms with van der Waals surface area (Å²) in [5, 5.41) is 0. The van der Waals surface area contributed by atoms with Crippen molar-refractivity contribution in [3.05, 3.63) is 30.6 Å². The smallest absolute Gasteiger partial charge is 0.300 e. The first-order valence-corrected chi connectivity index (χ1v) is 5.33. The monoisotopic (exact) mass is 330 g/mol. The fourth-order valence-corrected chi connectivity index (χ4v) is 1.77. The minimum Gasteiger partial charge on any atom is -0.300 e. The van der Waals surface area contributed by atoms with E-state index in [1.54, 1.807) is 29.5 Å². The average molecular weight is 330 g/mol. The first-order valence-electron chi connectivity index (χ1n) is 4.25. The molecular weight excluding hydrogens is 321 g/mol. The van der Waals surface area contributed by atoms with Gasteiger partial charge in [-0.15, -0.1) is 0 Å². The Morgan fingerprint density at radius 3 is 2.53 bits per heavy atom. The van der Waals surface area contributed by atoms with E-state index in [-0.39, 0.29) is 3.57 Å². The van der Waals surface area contributed by atoms with Crippen LogP contribution in [0.5, 0.6) is 0 Å². The molecule has 0 bridgehead atoms. The Kier molecular flexibility index (Phi) is 4.00. The van der Waals surface area contributed by atoms with Gasteiger partial charge in [0.25, 0.3) is 12.0 Å². The lowest BCUT2D eigenvalue weighted by Crippen LogP contribution is -2.42. The van der Waals surface area contributed by atoms with Crippen LogP contribution in [0.3, 0.4) is 0 Å². The molecule has 0 spiro atoms. The van der Waals surface area contributed by atoms with Crippen LogP contribution in [0.1, 0.15) is 6.92 Å². The van der Waals surface area contributed by atoms with Gasteiger partial charge in [0.2, 0.25) is 0 Å². The summed E-state index contributed by atoms with van der Waals surface area (Å²) in [7, 11) is 0. The molecule has 0 amide bonds. The number of nitrogens with zero attached hydrogens (tertiary/aromatic N) is 2. The molecule has 0 aliphatic heterocycles. The van der Waals surface area contributed by atoms with Gasteiger partial charge in [-0.1, -0.05) is 0 Å². The fourth-order valence-electron chi connectivity index (χ4n) is 1.14. The molecule has 0 N–H and O–H groups in total. The molecule has 0 fully saturated rings. The average Bonchev–Trinajstić information content (AvgIpc) is 2.18. The normalized spacial score (nSPS) is 11.0. The second-order valence-corrected chi connectivity index (χ2v) is 4.01. The molecule has 0 saturated heterocycles. The highest BCUT2D eigenvalue weighted by Gasteiger charge is 2.12. The van der Waals surface area contributed by atoms with Gasteiger partial charge < -0.3 is 0 Å². The lowest BCUT2D eigenvalue weighted by Gasteiger charge is -2.08. The van der Waals surface area contributed by atoms with E-state index in [1.807, 2.05) is 0 Å². The molecule has 84 valence electrons. The maximum atomic E-state index is 12.1. The number of hydrogen-bond donors (Lipinski definition) is 0. The minimum absolute atomic E-state index is 0.259. The molecule has 1 aromatic heterocycles. The minimum atomic E-state index is -2.71. The van der Waals surface area contributed by atoms with Gasteiger partial charge in [0, 0.05) is 12.7 Å². The van der Waals surface area contributed by atoms with Crippen LogP contribution in [-0.4, -0.2) is 15.6 Å². The van der Waals surface area contributed by atoms with E-state index in [0.717, 1.165) is 0 Å². The Balaban J connectivity index is 3.41. The van der Waals surface area contributed by atoms with Crippen LogP contribution in [0.25, 0.3) is 0 Å². The number of aryl methyl sites for hydroxylation is 1. The predicted molar refractivity (Wildman–Crippen MR) is 59.4 cm³/mol. The number of aromatic nitrogens is 2. The molecule has 0 aromatic carbocycles. The Morgan fingerprint density at radius 1 is 1.47 bits per heavy atom. The van der Waals surface area contributed by atoms with Gasteiger partial charge in [-0.25, -0.2) is 13.6 Å². The van der Waals surface area contributed by atoms with Crippen molar-refractivity contribution in [3.8, 4) is 0 Å². The Labute approximate surface area is 97.7 Å². The van der Waals surface area contributed by atoms with E-state index in [4.69, 9.17) is 0 Å². The quantitative estimate of drug-likeness (QED) is 0.773. The van der Waals surface area contributed by atoms with Crippen molar-refractivity contribution >= 4 is 22.6 Å². The number of halogens is 3.